The summed E-state index contributed by atoms with van der Waals surface area (Å²) in [7, 11) is 2.06. The van der Waals surface area contributed by atoms with E-state index in [1.165, 1.54) is 6.20 Å². The van der Waals surface area contributed by atoms with Crippen molar-refractivity contribution < 1.29 is 14.6 Å². The standard InChI is InChI=1S/C11H14IN3O3/c1-15-4-2-7(3-5-15)18-10-9(11(16)17)14-8(12)6-13-10/h6-7H,2-5H2,1H3,(H,16,17). The fraction of sp³-hybridized carbons (Fsp3) is 0.545. The van der Waals surface area contributed by atoms with Crippen molar-refractivity contribution in [2.75, 3.05) is 20.1 Å². The Bertz CT molecular complexity index is 447. The lowest BCUT2D eigenvalue weighted by Gasteiger charge is -2.29. The molecule has 1 aromatic heterocycles. The molecule has 0 atom stereocenters. The number of hydrogen-bond donors (Lipinski definition) is 1. The Morgan fingerprint density at radius 2 is 2.22 bits per heavy atom. The number of carboxylic acids is 1. The molecule has 0 bridgehead atoms. The van der Waals surface area contributed by atoms with Crippen LogP contribution in [0.3, 0.4) is 0 Å². The van der Waals surface area contributed by atoms with Gasteiger partial charge in [0.25, 0.3) is 0 Å². The van der Waals surface area contributed by atoms with Crippen LogP contribution >= 0.6 is 22.6 Å². The van der Waals surface area contributed by atoms with E-state index in [1.54, 1.807) is 0 Å². The van der Waals surface area contributed by atoms with E-state index in [0.29, 0.717) is 3.70 Å². The van der Waals surface area contributed by atoms with Gasteiger partial charge in [0.2, 0.25) is 11.6 Å². The summed E-state index contributed by atoms with van der Waals surface area (Å²) in [4.78, 5) is 21.3. The molecule has 0 radical (unpaired) electrons. The van der Waals surface area contributed by atoms with Crippen molar-refractivity contribution in [3.63, 3.8) is 0 Å². The summed E-state index contributed by atoms with van der Waals surface area (Å²) in [6, 6.07) is 0. The Hall–Kier alpha value is -0.960. The number of hydrogen-bond acceptors (Lipinski definition) is 5. The number of nitrogens with zero attached hydrogens (tertiary/aromatic N) is 3. The van der Waals surface area contributed by atoms with Crippen LogP contribution in [0.5, 0.6) is 5.88 Å². The van der Waals surface area contributed by atoms with Crippen LogP contribution in [0.15, 0.2) is 6.20 Å². The van der Waals surface area contributed by atoms with E-state index in [2.05, 4.69) is 21.9 Å². The van der Waals surface area contributed by atoms with E-state index in [1.807, 2.05) is 22.6 Å². The zero-order valence-electron chi connectivity index (χ0n) is 9.97. The molecule has 2 rings (SSSR count). The molecular formula is C11H14IN3O3. The minimum atomic E-state index is -1.11. The van der Waals surface area contributed by atoms with Gasteiger partial charge in [-0.2, -0.15) is 0 Å². The van der Waals surface area contributed by atoms with E-state index in [-0.39, 0.29) is 17.7 Å². The van der Waals surface area contributed by atoms with Gasteiger partial charge in [-0.05, 0) is 42.5 Å². The maximum absolute atomic E-state index is 11.1. The number of aromatic carboxylic acids is 1. The average molecular weight is 363 g/mol. The maximum Gasteiger partial charge on any atom is 0.360 e. The molecule has 7 heteroatoms. The number of aromatic nitrogens is 2. The SMILES string of the molecule is CN1CCC(Oc2ncc(I)nc2C(=O)O)CC1. The van der Waals surface area contributed by atoms with Crippen molar-refractivity contribution in [1.82, 2.24) is 14.9 Å². The molecule has 1 aliphatic heterocycles. The van der Waals surface area contributed by atoms with Crippen molar-refractivity contribution in [1.29, 1.82) is 0 Å². The highest BCUT2D eigenvalue weighted by Crippen LogP contribution is 2.20. The summed E-state index contributed by atoms with van der Waals surface area (Å²) in [5.74, 6) is -0.985. The van der Waals surface area contributed by atoms with Crippen LogP contribution in [0, 0.1) is 3.70 Å². The van der Waals surface area contributed by atoms with Gasteiger partial charge in [0.1, 0.15) is 9.80 Å². The zero-order chi connectivity index (χ0) is 13.1. The normalized spacial score (nSPS) is 17.7. The third kappa shape index (κ3) is 3.29. The van der Waals surface area contributed by atoms with Crippen molar-refractivity contribution in [2.45, 2.75) is 18.9 Å². The van der Waals surface area contributed by atoms with Crippen molar-refractivity contribution >= 4 is 28.6 Å². The van der Waals surface area contributed by atoms with Crippen LogP contribution < -0.4 is 4.74 Å². The molecule has 6 nitrogen and oxygen atoms in total. The van der Waals surface area contributed by atoms with E-state index in [0.717, 1.165) is 25.9 Å². The first kappa shape index (κ1) is 13.5. The van der Waals surface area contributed by atoms with Gasteiger partial charge >= 0.3 is 5.97 Å². The van der Waals surface area contributed by atoms with Crippen molar-refractivity contribution in [3.8, 4) is 5.88 Å². The second-order valence-electron chi connectivity index (χ2n) is 4.27. The number of halogens is 1. The van der Waals surface area contributed by atoms with Crippen LogP contribution in [-0.4, -0.2) is 52.2 Å². The molecule has 0 aliphatic carbocycles. The molecule has 1 aromatic rings. The minimum absolute atomic E-state index is 0.0219. The van der Waals surface area contributed by atoms with E-state index >= 15 is 0 Å². The van der Waals surface area contributed by atoms with Crippen LogP contribution in [0.1, 0.15) is 23.3 Å². The third-order valence-electron chi connectivity index (χ3n) is 2.86. The molecule has 98 valence electrons. The molecule has 0 amide bonds. The summed E-state index contributed by atoms with van der Waals surface area (Å²) in [6.45, 7) is 1.90. The lowest BCUT2D eigenvalue weighted by Crippen LogP contribution is -2.36. The van der Waals surface area contributed by atoms with Crippen molar-refractivity contribution in [3.05, 3.63) is 15.6 Å². The van der Waals surface area contributed by atoms with Gasteiger partial charge in [-0.3, -0.25) is 0 Å². The quantitative estimate of drug-likeness (QED) is 0.815. The number of ether oxygens (including phenoxy) is 1. The Kier molecular flexibility index (Phi) is 4.33. The Labute approximate surface area is 119 Å². The number of carboxylic acid groups (broad SMARTS) is 1. The van der Waals surface area contributed by atoms with Crippen LogP contribution in [-0.2, 0) is 0 Å². The summed E-state index contributed by atoms with van der Waals surface area (Å²) in [6.07, 6.45) is 3.29. The fourth-order valence-corrected chi connectivity index (χ4v) is 2.22. The molecule has 1 aliphatic rings. The lowest BCUT2D eigenvalue weighted by atomic mass is 10.1. The van der Waals surface area contributed by atoms with E-state index < -0.39 is 5.97 Å². The Morgan fingerprint density at radius 1 is 1.56 bits per heavy atom. The van der Waals surface area contributed by atoms with Gasteiger partial charge in [-0.1, -0.05) is 0 Å². The monoisotopic (exact) mass is 363 g/mol. The predicted octanol–water partition coefficient (Wildman–Crippen LogP) is 1.25. The van der Waals surface area contributed by atoms with Crippen LogP contribution in [0.2, 0.25) is 0 Å². The predicted molar refractivity (Wildman–Crippen MR) is 72.9 cm³/mol. The second-order valence-corrected chi connectivity index (χ2v) is 5.38. The number of piperidine rings is 1. The highest BCUT2D eigenvalue weighted by molar-refractivity contribution is 14.1. The van der Waals surface area contributed by atoms with Crippen LogP contribution in [0.25, 0.3) is 0 Å². The summed E-state index contributed by atoms with van der Waals surface area (Å²) < 4.78 is 6.21. The van der Waals surface area contributed by atoms with E-state index in [4.69, 9.17) is 9.84 Å². The first-order valence-electron chi connectivity index (χ1n) is 5.67. The van der Waals surface area contributed by atoms with Crippen LogP contribution in [0.4, 0.5) is 0 Å². The summed E-state index contributed by atoms with van der Waals surface area (Å²) >= 11 is 1.93. The molecular weight excluding hydrogens is 349 g/mol. The molecule has 1 saturated heterocycles. The van der Waals surface area contributed by atoms with Gasteiger partial charge < -0.3 is 14.7 Å². The zero-order valence-corrected chi connectivity index (χ0v) is 12.1. The number of likely N-dealkylation sites (tertiary alicyclic amines) is 1. The molecule has 1 N–H and O–H groups in total. The first-order chi connectivity index (χ1) is 8.56. The lowest BCUT2D eigenvalue weighted by molar-refractivity contribution is 0.0668. The Balaban J connectivity index is 2.11. The highest BCUT2D eigenvalue weighted by Gasteiger charge is 2.22. The van der Waals surface area contributed by atoms with Gasteiger partial charge in [0.05, 0.1) is 6.20 Å². The molecule has 0 unspecified atom stereocenters. The third-order valence-corrected chi connectivity index (χ3v) is 3.38. The van der Waals surface area contributed by atoms with Gasteiger partial charge in [-0.15, -0.1) is 0 Å². The van der Waals surface area contributed by atoms with Gasteiger partial charge in [0, 0.05) is 13.1 Å². The summed E-state index contributed by atoms with van der Waals surface area (Å²) in [5, 5.41) is 9.07. The number of rotatable bonds is 3. The fourth-order valence-electron chi connectivity index (χ4n) is 1.84. The molecule has 0 spiro atoms. The first-order valence-corrected chi connectivity index (χ1v) is 6.75. The van der Waals surface area contributed by atoms with Gasteiger partial charge in [-0.25, -0.2) is 14.8 Å². The molecule has 2 heterocycles. The smallest absolute Gasteiger partial charge is 0.360 e. The molecule has 1 fully saturated rings. The van der Waals surface area contributed by atoms with E-state index in [9.17, 15) is 4.79 Å². The number of carbonyl (C=O) groups is 1. The average Bonchev–Trinajstić information content (AvgIpc) is 2.34. The van der Waals surface area contributed by atoms with Crippen molar-refractivity contribution in [2.24, 2.45) is 0 Å². The minimum Gasteiger partial charge on any atom is -0.476 e. The Morgan fingerprint density at radius 3 is 2.83 bits per heavy atom. The molecule has 18 heavy (non-hydrogen) atoms. The molecule has 0 aromatic carbocycles. The topological polar surface area (TPSA) is 75.5 Å². The van der Waals surface area contributed by atoms with Gasteiger partial charge in [0.15, 0.2) is 0 Å². The highest BCUT2D eigenvalue weighted by atomic mass is 127. The second kappa shape index (κ2) is 5.79. The maximum atomic E-state index is 11.1. The largest absolute Gasteiger partial charge is 0.476 e. The molecule has 0 saturated carbocycles. The summed E-state index contributed by atoms with van der Waals surface area (Å²) in [5.41, 5.74) is -0.110.